The molecule has 7 nitrogen and oxygen atoms in total. The third kappa shape index (κ3) is 3.63. The number of carbonyl (C=O) groups excluding carboxylic acids is 2. The lowest BCUT2D eigenvalue weighted by Crippen LogP contribution is -2.63. The summed E-state index contributed by atoms with van der Waals surface area (Å²) in [5.41, 5.74) is -1.13. The second-order valence-electron chi connectivity index (χ2n) is 5.06. The van der Waals surface area contributed by atoms with Crippen LogP contribution in [0.5, 0.6) is 0 Å². The molecule has 0 bridgehead atoms. The van der Waals surface area contributed by atoms with Gasteiger partial charge in [0.15, 0.2) is 0 Å². The smallest absolute Gasteiger partial charge is 0.243 e. The summed E-state index contributed by atoms with van der Waals surface area (Å²) in [6.07, 6.45) is 0.400. The van der Waals surface area contributed by atoms with E-state index in [2.05, 4.69) is 10.6 Å². The van der Waals surface area contributed by atoms with Crippen LogP contribution in [0, 0.1) is 0 Å². The van der Waals surface area contributed by atoms with Crippen molar-refractivity contribution in [3.8, 4) is 0 Å². The zero-order valence-corrected chi connectivity index (χ0v) is 12.2. The summed E-state index contributed by atoms with van der Waals surface area (Å²) in [7, 11) is 1.50. The van der Waals surface area contributed by atoms with Crippen molar-refractivity contribution in [2.75, 3.05) is 38.4 Å². The first-order valence-electron chi connectivity index (χ1n) is 6.52. The fraction of sp³-hybridized carbons (Fsp3) is 0.833. The number of methoxy groups -OCH3 is 1. The molecule has 0 aromatic heterocycles. The van der Waals surface area contributed by atoms with Gasteiger partial charge in [0.1, 0.15) is 11.6 Å². The van der Waals surface area contributed by atoms with Crippen molar-refractivity contribution in [2.24, 2.45) is 0 Å². The van der Waals surface area contributed by atoms with Gasteiger partial charge in [-0.1, -0.05) is 0 Å². The van der Waals surface area contributed by atoms with Crippen LogP contribution in [0.15, 0.2) is 0 Å². The van der Waals surface area contributed by atoms with Crippen LogP contribution in [0.25, 0.3) is 0 Å². The molecule has 2 heterocycles. The van der Waals surface area contributed by atoms with Crippen molar-refractivity contribution in [3.05, 3.63) is 0 Å². The van der Waals surface area contributed by atoms with Gasteiger partial charge >= 0.3 is 0 Å². The van der Waals surface area contributed by atoms with Gasteiger partial charge in [-0.15, -0.1) is 11.8 Å². The molecule has 2 fully saturated rings. The van der Waals surface area contributed by atoms with Gasteiger partial charge < -0.3 is 25.2 Å². The molecule has 0 aromatic carbocycles. The Labute approximate surface area is 121 Å². The summed E-state index contributed by atoms with van der Waals surface area (Å²) in [6, 6.07) is -1.09. The zero-order valence-electron chi connectivity index (χ0n) is 11.4. The molecule has 2 saturated heterocycles. The Kier molecular flexibility index (Phi) is 5.25. The zero-order chi connectivity index (χ0) is 14.6. The third-order valence-corrected chi connectivity index (χ3v) is 4.53. The topological polar surface area (TPSA) is 96.9 Å². The van der Waals surface area contributed by atoms with E-state index in [1.54, 1.807) is 0 Å². The molecule has 2 aliphatic heterocycles. The Balaban J connectivity index is 1.95. The average Bonchev–Trinajstić information content (AvgIpc) is 2.41. The van der Waals surface area contributed by atoms with Crippen LogP contribution in [0.2, 0.25) is 0 Å². The van der Waals surface area contributed by atoms with Gasteiger partial charge in [0.2, 0.25) is 11.8 Å². The minimum absolute atomic E-state index is 0.132. The summed E-state index contributed by atoms with van der Waals surface area (Å²) in [6.45, 7) is 0.800. The predicted molar refractivity (Wildman–Crippen MR) is 73.4 cm³/mol. The molecule has 3 N–H and O–H groups in total. The highest BCUT2D eigenvalue weighted by molar-refractivity contribution is 8.00. The van der Waals surface area contributed by atoms with Gasteiger partial charge in [0.05, 0.1) is 25.0 Å². The number of thioether (sulfide) groups is 1. The lowest BCUT2D eigenvalue weighted by atomic mass is 9.90. The van der Waals surface area contributed by atoms with E-state index in [1.807, 2.05) is 0 Å². The van der Waals surface area contributed by atoms with Crippen molar-refractivity contribution in [1.82, 2.24) is 10.6 Å². The Morgan fingerprint density at radius 2 is 2.50 bits per heavy atom. The van der Waals surface area contributed by atoms with Crippen LogP contribution in [-0.4, -0.2) is 73.0 Å². The van der Waals surface area contributed by atoms with E-state index >= 15 is 0 Å². The molecule has 2 rings (SSSR count). The lowest BCUT2D eigenvalue weighted by Gasteiger charge is -2.40. The maximum absolute atomic E-state index is 12.2. The van der Waals surface area contributed by atoms with Crippen molar-refractivity contribution in [3.63, 3.8) is 0 Å². The monoisotopic (exact) mass is 304 g/mol. The number of carbonyl (C=O) groups is 2. The van der Waals surface area contributed by atoms with Crippen LogP contribution >= 0.6 is 11.8 Å². The number of rotatable bonds is 4. The van der Waals surface area contributed by atoms with Gasteiger partial charge in [-0.2, -0.15) is 0 Å². The minimum Gasteiger partial charge on any atom is -0.385 e. The Morgan fingerprint density at radius 1 is 1.70 bits per heavy atom. The first-order valence-corrected chi connectivity index (χ1v) is 7.67. The fourth-order valence-corrected chi connectivity index (χ4v) is 3.20. The molecular weight excluding hydrogens is 284 g/mol. The van der Waals surface area contributed by atoms with E-state index in [1.165, 1.54) is 18.9 Å². The van der Waals surface area contributed by atoms with Gasteiger partial charge in [0.25, 0.3) is 0 Å². The highest BCUT2D eigenvalue weighted by atomic mass is 32.2. The molecule has 0 aromatic rings. The molecule has 8 heteroatoms. The highest BCUT2D eigenvalue weighted by Crippen LogP contribution is 2.22. The second kappa shape index (κ2) is 6.75. The van der Waals surface area contributed by atoms with Crippen LogP contribution in [0.1, 0.15) is 6.42 Å². The molecule has 114 valence electrons. The van der Waals surface area contributed by atoms with E-state index in [0.717, 1.165) is 0 Å². The lowest BCUT2D eigenvalue weighted by molar-refractivity contribution is -0.141. The third-order valence-electron chi connectivity index (χ3n) is 3.49. The highest BCUT2D eigenvalue weighted by Gasteiger charge is 2.41. The van der Waals surface area contributed by atoms with Crippen LogP contribution in [0.4, 0.5) is 0 Å². The van der Waals surface area contributed by atoms with Crippen molar-refractivity contribution < 1.29 is 24.2 Å². The van der Waals surface area contributed by atoms with Gasteiger partial charge in [-0.05, 0) is 0 Å². The maximum atomic E-state index is 12.2. The first-order chi connectivity index (χ1) is 9.55. The predicted octanol–water partition coefficient (Wildman–Crippen LogP) is -1.50. The molecule has 0 aliphatic carbocycles. The Hall–Kier alpha value is -0.830. The largest absolute Gasteiger partial charge is 0.385 e. The van der Waals surface area contributed by atoms with E-state index < -0.39 is 17.7 Å². The fourth-order valence-electron chi connectivity index (χ4n) is 2.34. The minimum atomic E-state index is -1.13. The van der Waals surface area contributed by atoms with E-state index in [0.29, 0.717) is 24.5 Å². The molecule has 2 aliphatic rings. The number of nitrogens with one attached hydrogen (secondary N) is 2. The van der Waals surface area contributed by atoms with Crippen molar-refractivity contribution >= 4 is 23.6 Å². The number of amides is 2. The number of hydrogen-bond acceptors (Lipinski definition) is 6. The molecular formula is C12H20N2O5S. The summed E-state index contributed by atoms with van der Waals surface area (Å²) in [5.74, 6) is 0.474. The standard InChI is InChI=1S/C12H20N2O5S/c1-18-7-12(17)2-3-19-4-9(12)14-11(16)8-5-20-6-10(15)13-8/h8-9,17H,2-7H2,1H3,(H,13,15)(H,14,16)/t8-,9?,12?/m0/s1. The molecule has 20 heavy (non-hydrogen) atoms. The quantitative estimate of drug-likeness (QED) is 0.585. The number of hydrogen-bond donors (Lipinski definition) is 3. The number of aliphatic hydroxyl groups is 1. The van der Waals surface area contributed by atoms with E-state index in [9.17, 15) is 14.7 Å². The summed E-state index contributed by atoms with van der Waals surface area (Å²) in [5, 5.41) is 15.9. The molecule has 0 radical (unpaired) electrons. The van der Waals surface area contributed by atoms with Crippen LogP contribution in [0.3, 0.4) is 0 Å². The number of ether oxygens (including phenoxy) is 2. The SMILES string of the molecule is COCC1(O)CCOCC1NC(=O)[C@@H]1CSCC(=O)N1. The maximum Gasteiger partial charge on any atom is 0.243 e. The first kappa shape index (κ1) is 15.6. The van der Waals surface area contributed by atoms with Crippen molar-refractivity contribution in [1.29, 1.82) is 0 Å². The molecule has 0 spiro atoms. The molecule has 2 amide bonds. The molecule has 3 atom stereocenters. The normalized spacial score (nSPS) is 34.4. The van der Waals surface area contributed by atoms with Crippen LogP contribution < -0.4 is 10.6 Å². The van der Waals surface area contributed by atoms with Crippen molar-refractivity contribution in [2.45, 2.75) is 24.1 Å². The van der Waals surface area contributed by atoms with E-state index in [-0.39, 0.29) is 25.0 Å². The Bertz CT molecular complexity index is 377. The van der Waals surface area contributed by atoms with E-state index in [4.69, 9.17) is 9.47 Å². The summed E-state index contributed by atoms with van der Waals surface area (Å²) in [4.78, 5) is 23.5. The average molecular weight is 304 g/mol. The van der Waals surface area contributed by atoms with Gasteiger partial charge in [-0.3, -0.25) is 9.59 Å². The molecule has 0 saturated carbocycles. The van der Waals surface area contributed by atoms with Crippen LogP contribution in [-0.2, 0) is 19.1 Å². The second-order valence-corrected chi connectivity index (χ2v) is 6.09. The molecule has 2 unspecified atom stereocenters. The van der Waals surface area contributed by atoms with Gasteiger partial charge in [-0.25, -0.2) is 0 Å². The van der Waals surface area contributed by atoms with Gasteiger partial charge in [0, 0.05) is 25.9 Å². The Morgan fingerprint density at radius 3 is 3.20 bits per heavy atom. The summed E-state index contributed by atoms with van der Waals surface area (Å²) >= 11 is 1.42. The summed E-state index contributed by atoms with van der Waals surface area (Å²) < 4.78 is 10.3.